The van der Waals surface area contributed by atoms with Gasteiger partial charge in [-0.15, -0.1) is 0 Å². The number of carbonyl (C=O) groups excluding carboxylic acids is 2. The highest BCUT2D eigenvalue weighted by atomic mass is 19.1. The zero-order chi connectivity index (χ0) is 19.4. The molecule has 0 saturated heterocycles. The molecule has 0 radical (unpaired) electrons. The van der Waals surface area contributed by atoms with Gasteiger partial charge >= 0.3 is 6.03 Å². The number of hydrogen-bond acceptors (Lipinski definition) is 3. The van der Waals surface area contributed by atoms with Crippen molar-refractivity contribution in [3.8, 4) is 6.07 Å². The van der Waals surface area contributed by atoms with Gasteiger partial charge in [-0.25, -0.2) is 9.18 Å². The Morgan fingerprint density at radius 1 is 1.15 bits per heavy atom. The second kappa shape index (κ2) is 7.87. The molecular weight excluding hydrogens is 347 g/mol. The Balaban J connectivity index is 1.58. The number of urea groups is 1. The van der Waals surface area contributed by atoms with E-state index in [0.29, 0.717) is 0 Å². The fraction of sp³-hybridized carbons (Fsp3) is 0.250. The average molecular weight is 366 g/mol. The van der Waals surface area contributed by atoms with Crippen LogP contribution in [0.25, 0.3) is 0 Å². The minimum Gasteiger partial charge on any atom is -0.331 e. The SMILES string of the molecule is CC(NC(=O)Nc1ccc(F)cc1C#N)c1ccc(NC(=O)C2CC2)cc1. The summed E-state index contributed by atoms with van der Waals surface area (Å²) in [4.78, 5) is 23.9. The van der Waals surface area contributed by atoms with Gasteiger partial charge in [0.05, 0.1) is 17.3 Å². The van der Waals surface area contributed by atoms with E-state index in [2.05, 4.69) is 16.0 Å². The first-order chi connectivity index (χ1) is 13.0. The molecule has 6 nitrogen and oxygen atoms in total. The summed E-state index contributed by atoms with van der Waals surface area (Å²) in [5.41, 5.74) is 1.86. The van der Waals surface area contributed by atoms with Gasteiger partial charge in [-0.3, -0.25) is 4.79 Å². The summed E-state index contributed by atoms with van der Waals surface area (Å²) in [5.74, 6) is -0.362. The van der Waals surface area contributed by atoms with Gasteiger partial charge in [0.1, 0.15) is 11.9 Å². The third-order valence-electron chi connectivity index (χ3n) is 4.32. The first kappa shape index (κ1) is 18.4. The Morgan fingerprint density at radius 2 is 1.85 bits per heavy atom. The van der Waals surface area contributed by atoms with Crippen molar-refractivity contribution in [3.05, 3.63) is 59.4 Å². The number of nitrogens with zero attached hydrogens (tertiary/aromatic N) is 1. The molecule has 0 spiro atoms. The molecule has 0 heterocycles. The van der Waals surface area contributed by atoms with Crippen LogP contribution in [0.5, 0.6) is 0 Å². The number of benzene rings is 2. The van der Waals surface area contributed by atoms with Gasteiger partial charge in [-0.2, -0.15) is 5.26 Å². The molecular formula is C20H19FN4O2. The standard InChI is InChI=1S/C20H19FN4O2/c1-12(13-4-7-17(8-5-13)24-19(26)14-2-3-14)23-20(27)25-18-9-6-16(21)10-15(18)11-22/h4-10,12,14H,2-3H2,1H3,(H,24,26)(H2,23,25,27). The fourth-order valence-electron chi connectivity index (χ4n) is 2.60. The molecule has 1 saturated carbocycles. The van der Waals surface area contributed by atoms with Crippen molar-refractivity contribution in [2.24, 2.45) is 5.92 Å². The van der Waals surface area contributed by atoms with Crippen molar-refractivity contribution in [2.75, 3.05) is 10.6 Å². The molecule has 1 aliphatic rings. The van der Waals surface area contributed by atoms with E-state index in [-0.39, 0.29) is 29.1 Å². The number of hydrogen-bond donors (Lipinski definition) is 3. The smallest absolute Gasteiger partial charge is 0.319 e. The summed E-state index contributed by atoms with van der Waals surface area (Å²) in [6, 6.07) is 11.9. The van der Waals surface area contributed by atoms with E-state index >= 15 is 0 Å². The summed E-state index contributed by atoms with van der Waals surface area (Å²) in [6.45, 7) is 1.81. The third-order valence-corrected chi connectivity index (χ3v) is 4.32. The second-order valence-corrected chi connectivity index (χ2v) is 6.51. The summed E-state index contributed by atoms with van der Waals surface area (Å²) in [6.07, 6.45) is 1.89. The molecule has 3 amide bonds. The maximum absolute atomic E-state index is 13.2. The normalized spacial score (nSPS) is 14.0. The van der Waals surface area contributed by atoms with E-state index in [1.807, 2.05) is 25.1 Å². The highest BCUT2D eigenvalue weighted by Gasteiger charge is 2.29. The van der Waals surface area contributed by atoms with Crippen LogP contribution in [0.3, 0.4) is 0 Å². The van der Waals surface area contributed by atoms with E-state index < -0.39 is 11.8 Å². The molecule has 1 atom stereocenters. The van der Waals surface area contributed by atoms with E-state index in [1.165, 1.54) is 12.1 Å². The highest BCUT2D eigenvalue weighted by Crippen LogP contribution is 2.30. The maximum atomic E-state index is 13.2. The lowest BCUT2D eigenvalue weighted by atomic mass is 10.1. The monoisotopic (exact) mass is 366 g/mol. The fourth-order valence-corrected chi connectivity index (χ4v) is 2.60. The summed E-state index contributed by atoms with van der Waals surface area (Å²) < 4.78 is 13.2. The summed E-state index contributed by atoms with van der Waals surface area (Å²) in [7, 11) is 0. The maximum Gasteiger partial charge on any atom is 0.319 e. The molecule has 0 bridgehead atoms. The second-order valence-electron chi connectivity index (χ2n) is 6.51. The van der Waals surface area contributed by atoms with E-state index in [9.17, 15) is 14.0 Å². The van der Waals surface area contributed by atoms with Crippen LogP contribution in [-0.2, 0) is 4.79 Å². The number of carbonyl (C=O) groups is 2. The van der Waals surface area contributed by atoms with E-state index in [1.54, 1.807) is 12.1 Å². The number of rotatable bonds is 5. The summed E-state index contributed by atoms with van der Waals surface area (Å²) in [5, 5.41) is 17.2. The number of nitrogens with one attached hydrogen (secondary N) is 3. The van der Waals surface area contributed by atoms with Crippen LogP contribution < -0.4 is 16.0 Å². The Morgan fingerprint density at radius 3 is 2.48 bits per heavy atom. The number of amides is 3. The van der Waals surface area contributed by atoms with Crippen LogP contribution in [0.15, 0.2) is 42.5 Å². The van der Waals surface area contributed by atoms with Gasteiger partial charge < -0.3 is 16.0 Å². The molecule has 1 aliphatic carbocycles. The zero-order valence-electron chi connectivity index (χ0n) is 14.8. The van der Waals surface area contributed by atoms with Crippen molar-refractivity contribution < 1.29 is 14.0 Å². The van der Waals surface area contributed by atoms with E-state index in [0.717, 1.165) is 30.2 Å². The van der Waals surface area contributed by atoms with Crippen LogP contribution in [0.4, 0.5) is 20.6 Å². The lowest BCUT2D eigenvalue weighted by Gasteiger charge is -2.16. The van der Waals surface area contributed by atoms with Gasteiger partial charge in [0.2, 0.25) is 5.91 Å². The minimum absolute atomic E-state index is 0.0425. The van der Waals surface area contributed by atoms with Crippen molar-refractivity contribution in [1.29, 1.82) is 5.26 Å². The van der Waals surface area contributed by atoms with Crippen LogP contribution >= 0.6 is 0 Å². The van der Waals surface area contributed by atoms with Crippen molar-refractivity contribution in [3.63, 3.8) is 0 Å². The first-order valence-electron chi connectivity index (χ1n) is 8.64. The predicted octanol–water partition coefficient (Wildman–Crippen LogP) is 3.93. The molecule has 27 heavy (non-hydrogen) atoms. The molecule has 3 rings (SSSR count). The van der Waals surface area contributed by atoms with Gasteiger partial charge in [-0.1, -0.05) is 12.1 Å². The van der Waals surface area contributed by atoms with Gasteiger partial charge in [0.25, 0.3) is 0 Å². The Bertz CT molecular complexity index is 901. The number of anilines is 2. The highest BCUT2D eigenvalue weighted by molar-refractivity contribution is 5.94. The third kappa shape index (κ3) is 4.82. The number of halogens is 1. The van der Waals surface area contributed by atoms with E-state index in [4.69, 9.17) is 5.26 Å². The van der Waals surface area contributed by atoms with Crippen molar-refractivity contribution in [2.45, 2.75) is 25.8 Å². The Labute approximate surface area is 156 Å². The lowest BCUT2D eigenvalue weighted by Crippen LogP contribution is -2.31. The van der Waals surface area contributed by atoms with Crippen LogP contribution in [0, 0.1) is 23.1 Å². The van der Waals surface area contributed by atoms with Gasteiger partial charge in [0, 0.05) is 11.6 Å². The molecule has 2 aromatic rings. The molecule has 1 unspecified atom stereocenters. The van der Waals surface area contributed by atoms with Crippen molar-refractivity contribution in [1.82, 2.24) is 5.32 Å². The molecule has 0 aliphatic heterocycles. The predicted molar refractivity (Wildman–Crippen MR) is 99.5 cm³/mol. The van der Waals surface area contributed by atoms with Gasteiger partial charge in [0.15, 0.2) is 0 Å². The molecule has 2 aromatic carbocycles. The average Bonchev–Trinajstić information content (AvgIpc) is 3.49. The zero-order valence-corrected chi connectivity index (χ0v) is 14.8. The molecule has 138 valence electrons. The number of nitriles is 1. The van der Waals surface area contributed by atoms with Crippen LogP contribution in [-0.4, -0.2) is 11.9 Å². The molecule has 3 N–H and O–H groups in total. The summed E-state index contributed by atoms with van der Waals surface area (Å²) >= 11 is 0. The van der Waals surface area contributed by atoms with Crippen LogP contribution in [0.2, 0.25) is 0 Å². The molecule has 7 heteroatoms. The minimum atomic E-state index is -0.542. The molecule has 1 fully saturated rings. The quantitative estimate of drug-likeness (QED) is 0.748. The Hall–Kier alpha value is -3.40. The van der Waals surface area contributed by atoms with Gasteiger partial charge in [-0.05, 0) is 55.7 Å². The Kier molecular flexibility index (Phi) is 5.36. The van der Waals surface area contributed by atoms with Crippen LogP contribution in [0.1, 0.15) is 36.9 Å². The molecule has 0 aromatic heterocycles. The first-order valence-corrected chi connectivity index (χ1v) is 8.64. The topological polar surface area (TPSA) is 94.0 Å². The largest absolute Gasteiger partial charge is 0.331 e. The lowest BCUT2D eigenvalue weighted by molar-refractivity contribution is -0.117. The van der Waals surface area contributed by atoms with Crippen molar-refractivity contribution >= 4 is 23.3 Å².